The molecule has 0 aliphatic rings. The third kappa shape index (κ3) is 22.5. The van der Waals surface area contributed by atoms with Crippen LogP contribution in [0.3, 0.4) is 0 Å². The van der Waals surface area contributed by atoms with Crippen LogP contribution in [0.2, 0.25) is 0 Å². The standard InChI is InChI=1S/C6H5.CF3.Ag.ClH/c1-2-4-6-5-3-1;2-1(3)4;;/h1-5H;;;1H/q2*-1;+1;/p-1. The van der Waals surface area contributed by atoms with Crippen molar-refractivity contribution in [2.24, 2.45) is 0 Å². The molecule has 5 heteroatoms. The van der Waals surface area contributed by atoms with Crippen molar-refractivity contribution in [3.63, 3.8) is 0 Å². The van der Waals surface area contributed by atoms with Crippen LogP contribution in [0.15, 0.2) is 30.3 Å². The smallest absolute Gasteiger partial charge is 0.171 e. The molecule has 1 rings (SSSR count). The Morgan fingerprint density at radius 2 is 1.33 bits per heavy atom. The van der Waals surface area contributed by atoms with E-state index in [4.69, 9.17) is 0 Å². The molecule has 0 aliphatic carbocycles. The third-order valence-corrected chi connectivity index (χ3v) is 0.607. The van der Waals surface area contributed by atoms with E-state index >= 15 is 0 Å². The summed E-state index contributed by atoms with van der Waals surface area (Å²) in [7, 11) is 4.45. The van der Waals surface area contributed by atoms with Gasteiger partial charge in [-0.15, -0.1) is 0 Å². The van der Waals surface area contributed by atoms with E-state index < -0.39 is 6.68 Å². The van der Waals surface area contributed by atoms with Crippen LogP contribution in [0.4, 0.5) is 13.2 Å². The first-order valence-corrected chi connectivity index (χ1v) is 4.50. The largest absolute Gasteiger partial charge is 0.184 e. The summed E-state index contributed by atoms with van der Waals surface area (Å²) in [6.45, 7) is -3.08. The average molecular weight is 289 g/mol. The van der Waals surface area contributed by atoms with Crippen LogP contribution in [0.1, 0.15) is 0 Å². The van der Waals surface area contributed by atoms with Crippen molar-refractivity contribution in [3.8, 4) is 0 Å². The molecule has 0 heterocycles. The summed E-state index contributed by atoms with van der Waals surface area (Å²) >= 11 is 2.42. The number of hydrogen-bond acceptors (Lipinski definition) is 0. The molecule has 1 aromatic rings. The van der Waals surface area contributed by atoms with Gasteiger partial charge >= 0.3 is 29.2 Å². The van der Waals surface area contributed by atoms with Crippen LogP contribution in [0.25, 0.3) is 0 Å². The maximum Gasteiger partial charge on any atom is -0.171 e. The van der Waals surface area contributed by atoms with Gasteiger partial charge in [0.15, 0.2) is 6.68 Å². The molecule has 0 saturated carbocycles. The molecule has 0 saturated heterocycles. The molecule has 1 aromatic carbocycles. The van der Waals surface area contributed by atoms with Crippen LogP contribution in [-0.4, -0.2) is 0 Å². The predicted octanol–water partition coefficient (Wildman–Crippen LogP) is 3.52. The molecule has 0 amide bonds. The zero-order valence-corrected chi connectivity index (χ0v) is 7.94. The number of halogens is 4. The van der Waals surface area contributed by atoms with E-state index in [0.29, 0.717) is 0 Å². The summed E-state index contributed by atoms with van der Waals surface area (Å²) in [6, 6.07) is 12.5. The topological polar surface area (TPSA) is 0 Å². The van der Waals surface area contributed by atoms with Gasteiger partial charge in [0.05, 0.1) is 0 Å². The summed E-state index contributed by atoms with van der Waals surface area (Å²) in [6.07, 6.45) is 0. The molecule has 0 atom stereocenters. The van der Waals surface area contributed by atoms with E-state index in [2.05, 4.69) is 35.2 Å². The van der Waals surface area contributed by atoms with Crippen LogP contribution in [-0.2, 0) is 20.0 Å². The number of benzene rings is 1. The Hall–Kier alpha value is 0.0403. The van der Waals surface area contributed by atoms with Crippen molar-refractivity contribution < 1.29 is 33.2 Å². The molecule has 0 spiro atoms. The van der Waals surface area contributed by atoms with E-state index in [1.54, 1.807) is 0 Å². The van der Waals surface area contributed by atoms with E-state index in [1.165, 1.54) is 0 Å². The Morgan fingerprint density at radius 3 is 1.42 bits per heavy atom. The molecular weight excluding hydrogens is 284 g/mol. The van der Waals surface area contributed by atoms with Crippen LogP contribution in [0, 0.1) is 12.7 Å². The van der Waals surface area contributed by atoms with Crippen LogP contribution < -0.4 is 0 Å². The first-order valence-electron chi connectivity index (χ1n) is 2.59. The molecule has 0 unspecified atom stereocenters. The molecular formula is C7H5AgClF3-2. The van der Waals surface area contributed by atoms with Gasteiger partial charge in [0.1, 0.15) is 0 Å². The number of rotatable bonds is 0. The first-order chi connectivity index (χ1) is 5.73. The second-order valence-electron chi connectivity index (χ2n) is 1.29. The van der Waals surface area contributed by atoms with E-state index in [-0.39, 0.29) is 0 Å². The Labute approximate surface area is 85.5 Å². The summed E-state index contributed by atoms with van der Waals surface area (Å²) < 4.78 is 28.8. The van der Waals surface area contributed by atoms with Gasteiger partial charge in [0.25, 0.3) is 0 Å². The molecule has 0 fully saturated rings. The van der Waals surface area contributed by atoms with Gasteiger partial charge in [0, 0.05) is 0 Å². The van der Waals surface area contributed by atoms with Gasteiger partial charge in [0.2, 0.25) is 0 Å². The fraction of sp³-hybridized carbons (Fsp3) is 0. The second-order valence-corrected chi connectivity index (χ2v) is 1.29. The van der Waals surface area contributed by atoms with Gasteiger partial charge in [-0.3, -0.25) is 0 Å². The molecule has 0 aromatic heterocycles. The Morgan fingerprint density at radius 1 is 1.00 bits per heavy atom. The van der Waals surface area contributed by atoms with Crippen molar-refractivity contribution in [2.45, 2.75) is 0 Å². The van der Waals surface area contributed by atoms with E-state index in [0.717, 1.165) is 0 Å². The maximum atomic E-state index is 9.58. The van der Waals surface area contributed by atoms with Crippen molar-refractivity contribution >= 4 is 9.19 Å². The molecule has 0 nitrogen and oxygen atoms in total. The molecule has 0 N–H and O–H groups in total. The fourth-order valence-corrected chi connectivity index (χ4v) is 0.342. The van der Waals surface area contributed by atoms with Gasteiger partial charge < -0.3 is 13.2 Å². The van der Waals surface area contributed by atoms with Crippen molar-refractivity contribution in [3.05, 3.63) is 43.1 Å². The second kappa shape index (κ2) is 13.6. The molecule has 74 valence electrons. The quantitative estimate of drug-likeness (QED) is 0.506. The van der Waals surface area contributed by atoms with Gasteiger partial charge in [-0.25, -0.2) is 0 Å². The van der Waals surface area contributed by atoms with Gasteiger partial charge in [-0.05, 0) is 0 Å². The first kappa shape index (κ1) is 14.6. The monoisotopic (exact) mass is 288 g/mol. The maximum absolute atomic E-state index is 9.58. The number of hydrogen-bond donors (Lipinski definition) is 0. The zero-order valence-electron chi connectivity index (χ0n) is 5.70. The summed E-state index contributed by atoms with van der Waals surface area (Å²) in [5, 5.41) is 0. The van der Waals surface area contributed by atoms with E-state index in [9.17, 15) is 13.2 Å². The Balaban J connectivity index is 0. The van der Waals surface area contributed by atoms with Crippen molar-refractivity contribution in [2.75, 3.05) is 0 Å². The van der Waals surface area contributed by atoms with Crippen molar-refractivity contribution in [1.29, 1.82) is 0 Å². The molecule has 0 aliphatic heterocycles. The van der Waals surface area contributed by atoms with Crippen molar-refractivity contribution in [1.82, 2.24) is 0 Å². The summed E-state index contributed by atoms with van der Waals surface area (Å²) in [4.78, 5) is 0. The Kier molecular flexibility index (Phi) is 16.5. The third-order valence-electron chi connectivity index (χ3n) is 0.607. The molecule has 12 heavy (non-hydrogen) atoms. The van der Waals surface area contributed by atoms with Crippen LogP contribution >= 0.6 is 9.19 Å². The Bertz CT molecular complexity index is 119. The minimum atomic E-state index is -3.08. The SMILES string of the molecule is F[C-](F)F.[Cl][Ag].[c-]1ccccc1. The van der Waals surface area contributed by atoms with Crippen LogP contribution in [0.5, 0.6) is 0 Å². The molecule has 0 bridgehead atoms. The minimum absolute atomic E-state index is 1.88. The predicted molar refractivity (Wildman–Crippen MR) is 37.7 cm³/mol. The zero-order chi connectivity index (χ0) is 9.82. The van der Waals surface area contributed by atoms with Gasteiger partial charge in [-0.2, -0.15) is 36.4 Å². The van der Waals surface area contributed by atoms with E-state index in [1.807, 2.05) is 30.3 Å². The average Bonchev–Trinajstić information content (AvgIpc) is 2.10. The fourth-order valence-electron chi connectivity index (χ4n) is 0.342. The molecule has 0 radical (unpaired) electrons. The summed E-state index contributed by atoms with van der Waals surface area (Å²) in [5.74, 6) is 0. The summed E-state index contributed by atoms with van der Waals surface area (Å²) in [5.41, 5.74) is 0. The minimum Gasteiger partial charge on any atom is -0.184 e. The normalized spacial score (nSPS) is 7.58. The van der Waals surface area contributed by atoms with Gasteiger partial charge in [-0.1, -0.05) is 0 Å².